The molecule has 0 radical (unpaired) electrons. The van der Waals surface area contributed by atoms with E-state index in [0.717, 1.165) is 5.56 Å². The standard InChI is InChI=1S/C17H17NO3/c1-13(18(20)21)16(14-8-4-2-5-9-14)12-17(19)15-10-6-3-7-11-15/h2-11,13,16H,12H2,1H3/t13-,16+/m0/s1. The molecule has 0 N–H and O–H groups in total. The summed E-state index contributed by atoms with van der Waals surface area (Å²) in [6, 6.07) is 17.3. The number of benzene rings is 2. The summed E-state index contributed by atoms with van der Waals surface area (Å²) in [5.74, 6) is -0.493. The van der Waals surface area contributed by atoms with Crippen LogP contribution in [0.2, 0.25) is 0 Å². The molecule has 0 aromatic heterocycles. The second-order valence-corrected chi connectivity index (χ2v) is 5.04. The van der Waals surface area contributed by atoms with E-state index >= 15 is 0 Å². The third-order valence-electron chi connectivity index (χ3n) is 3.64. The summed E-state index contributed by atoms with van der Waals surface area (Å²) < 4.78 is 0. The van der Waals surface area contributed by atoms with Gasteiger partial charge in [-0.2, -0.15) is 0 Å². The van der Waals surface area contributed by atoms with Gasteiger partial charge < -0.3 is 0 Å². The number of ketones is 1. The van der Waals surface area contributed by atoms with Crippen molar-refractivity contribution in [1.29, 1.82) is 0 Å². The van der Waals surface area contributed by atoms with Crippen LogP contribution in [0.1, 0.15) is 35.2 Å². The lowest BCUT2D eigenvalue weighted by Gasteiger charge is -2.18. The van der Waals surface area contributed by atoms with Crippen LogP contribution in [-0.2, 0) is 0 Å². The van der Waals surface area contributed by atoms with E-state index in [0.29, 0.717) is 5.56 Å². The molecule has 0 aliphatic rings. The van der Waals surface area contributed by atoms with Gasteiger partial charge in [0.2, 0.25) is 6.04 Å². The molecule has 0 bridgehead atoms. The van der Waals surface area contributed by atoms with Crippen molar-refractivity contribution in [1.82, 2.24) is 0 Å². The van der Waals surface area contributed by atoms with Gasteiger partial charge in [-0.1, -0.05) is 60.7 Å². The zero-order valence-electron chi connectivity index (χ0n) is 11.8. The monoisotopic (exact) mass is 283 g/mol. The van der Waals surface area contributed by atoms with Crippen LogP contribution in [0.4, 0.5) is 0 Å². The number of rotatable bonds is 6. The highest BCUT2D eigenvalue weighted by atomic mass is 16.6. The number of nitro groups is 1. The molecule has 4 heteroatoms. The molecule has 0 aliphatic carbocycles. The van der Waals surface area contributed by atoms with E-state index in [1.54, 1.807) is 31.2 Å². The van der Waals surface area contributed by atoms with Crippen molar-refractivity contribution in [2.45, 2.75) is 25.3 Å². The Bertz CT molecular complexity index is 610. The summed E-state index contributed by atoms with van der Waals surface area (Å²) in [7, 11) is 0. The van der Waals surface area contributed by atoms with Crippen molar-refractivity contribution < 1.29 is 9.72 Å². The molecule has 0 amide bonds. The van der Waals surface area contributed by atoms with E-state index in [4.69, 9.17) is 0 Å². The highest BCUT2D eigenvalue weighted by Gasteiger charge is 2.30. The Kier molecular flexibility index (Phi) is 4.82. The molecule has 0 heterocycles. The smallest absolute Gasteiger partial charge is 0.217 e. The number of carbonyl (C=O) groups is 1. The number of hydrogen-bond donors (Lipinski definition) is 0. The van der Waals surface area contributed by atoms with E-state index in [1.165, 1.54) is 0 Å². The molecule has 0 unspecified atom stereocenters. The molecule has 2 aromatic rings. The maximum Gasteiger partial charge on any atom is 0.217 e. The molecular weight excluding hydrogens is 266 g/mol. The van der Waals surface area contributed by atoms with Crippen LogP contribution in [-0.4, -0.2) is 16.7 Å². The molecule has 21 heavy (non-hydrogen) atoms. The fourth-order valence-corrected chi connectivity index (χ4v) is 2.36. The van der Waals surface area contributed by atoms with Crippen molar-refractivity contribution in [3.05, 3.63) is 81.9 Å². The quantitative estimate of drug-likeness (QED) is 0.461. The van der Waals surface area contributed by atoms with Crippen molar-refractivity contribution in [3.8, 4) is 0 Å². The second kappa shape index (κ2) is 6.79. The van der Waals surface area contributed by atoms with Gasteiger partial charge in [0, 0.05) is 23.8 Å². The Balaban J connectivity index is 2.25. The highest BCUT2D eigenvalue weighted by molar-refractivity contribution is 5.96. The average molecular weight is 283 g/mol. The zero-order chi connectivity index (χ0) is 15.2. The fraction of sp³-hybridized carbons (Fsp3) is 0.235. The Labute approximate surface area is 123 Å². The Morgan fingerprint density at radius 1 is 1.05 bits per heavy atom. The minimum Gasteiger partial charge on any atom is -0.294 e. The lowest BCUT2D eigenvalue weighted by Crippen LogP contribution is -2.26. The van der Waals surface area contributed by atoms with E-state index in [9.17, 15) is 14.9 Å². The SMILES string of the molecule is C[C@@H]([C@@H](CC(=O)c1ccccc1)c1ccccc1)[N+](=O)[O-]. The lowest BCUT2D eigenvalue weighted by molar-refractivity contribution is -0.522. The van der Waals surface area contributed by atoms with Gasteiger partial charge in [0.15, 0.2) is 5.78 Å². The van der Waals surface area contributed by atoms with Crippen LogP contribution < -0.4 is 0 Å². The topological polar surface area (TPSA) is 60.2 Å². The van der Waals surface area contributed by atoms with Gasteiger partial charge in [0.25, 0.3) is 0 Å². The van der Waals surface area contributed by atoms with Crippen LogP contribution >= 0.6 is 0 Å². The summed E-state index contributed by atoms with van der Waals surface area (Å²) in [4.78, 5) is 23.1. The third-order valence-corrected chi connectivity index (χ3v) is 3.64. The minimum absolute atomic E-state index is 0.0712. The largest absolute Gasteiger partial charge is 0.294 e. The van der Waals surface area contributed by atoms with Crippen LogP contribution in [0.15, 0.2) is 60.7 Å². The molecule has 0 aliphatic heterocycles. The van der Waals surface area contributed by atoms with Gasteiger partial charge in [-0.15, -0.1) is 0 Å². The van der Waals surface area contributed by atoms with Crippen LogP contribution in [0.25, 0.3) is 0 Å². The zero-order valence-corrected chi connectivity index (χ0v) is 11.8. The van der Waals surface area contributed by atoms with Crippen LogP contribution in [0.3, 0.4) is 0 Å². The summed E-state index contributed by atoms with van der Waals surface area (Å²) in [5, 5.41) is 11.1. The Morgan fingerprint density at radius 3 is 2.10 bits per heavy atom. The first-order valence-corrected chi connectivity index (χ1v) is 6.86. The molecule has 2 rings (SSSR count). The predicted octanol–water partition coefficient (Wildman–Crippen LogP) is 3.71. The molecule has 0 saturated heterocycles. The third kappa shape index (κ3) is 3.75. The lowest BCUT2D eigenvalue weighted by atomic mass is 9.86. The molecule has 2 aromatic carbocycles. The molecule has 0 spiro atoms. The van der Waals surface area contributed by atoms with E-state index in [2.05, 4.69) is 0 Å². The molecule has 4 nitrogen and oxygen atoms in total. The van der Waals surface area contributed by atoms with Crippen molar-refractivity contribution in [2.24, 2.45) is 0 Å². The van der Waals surface area contributed by atoms with Crippen LogP contribution in [0, 0.1) is 10.1 Å². The predicted molar refractivity (Wildman–Crippen MR) is 81.0 cm³/mol. The van der Waals surface area contributed by atoms with E-state index in [1.807, 2.05) is 36.4 Å². The number of carbonyl (C=O) groups excluding carboxylic acids is 1. The van der Waals surface area contributed by atoms with Gasteiger partial charge >= 0.3 is 0 Å². The van der Waals surface area contributed by atoms with Gasteiger partial charge in [-0.05, 0) is 5.56 Å². The molecular formula is C17H17NO3. The van der Waals surface area contributed by atoms with Gasteiger partial charge in [-0.25, -0.2) is 0 Å². The summed E-state index contributed by atoms with van der Waals surface area (Å²) in [6.45, 7) is 1.55. The number of Topliss-reactive ketones (excluding diaryl/α,β-unsaturated/α-hetero) is 1. The highest BCUT2D eigenvalue weighted by Crippen LogP contribution is 2.26. The molecule has 0 saturated carbocycles. The molecule has 2 atom stereocenters. The van der Waals surface area contributed by atoms with Crippen LogP contribution in [0.5, 0.6) is 0 Å². The summed E-state index contributed by atoms with van der Waals surface area (Å²) in [5.41, 5.74) is 1.42. The Morgan fingerprint density at radius 2 is 1.57 bits per heavy atom. The van der Waals surface area contributed by atoms with Gasteiger partial charge in [0.1, 0.15) is 0 Å². The molecule has 0 fully saturated rings. The average Bonchev–Trinajstić information content (AvgIpc) is 2.53. The Hall–Kier alpha value is -2.49. The second-order valence-electron chi connectivity index (χ2n) is 5.04. The minimum atomic E-state index is -0.805. The first kappa shape index (κ1) is 14.9. The van der Waals surface area contributed by atoms with E-state index < -0.39 is 12.0 Å². The first-order valence-electron chi connectivity index (χ1n) is 6.86. The first-order chi connectivity index (χ1) is 10.1. The van der Waals surface area contributed by atoms with Crippen molar-refractivity contribution in [2.75, 3.05) is 0 Å². The normalized spacial score (nSPS) is 13.4. The van der Waals surface area contributed by atoms with E-state index in [-0.39, 0.29) is 17.1 Å². The van der Waals surface area contributed by atoms with Gasteiger partial charge in [-0.3, -0.25) is 14.9 Å². The number of nitrogens with zero attached hydrogens (tertiary/aromatic N) is 1. The maximum absolute atomic E-state index is 12.3. The molecule has 108 valence electrons. The fourth-order valence-electron chi connectivity index (χ4n) is 2.36. The number of hydrogen-bond acceptors (Lipinski definition) is 3. The summed E-state index contributed by atoms with van der Waals surface area (Å²) in [6.07, 6.45) is 0.135. The maximum atomic E-state index is 12.3. The van der Waals surface area contributed by atoms with Crippen molar-refractivity contribution in [3.63, 3.8) is 0 Å². The van der Waals surface area contributed by atoms with Crippen molar-refractivity contribution >= 4 is 5.78 Å². The van der Waals surface area contributed by atoms with Gasteiger partial charge in [0.05, 0.1) is 5.92 Å². The summed E-state index contributed by atoms with van der Waals surface area (Å²) >= 11 is 0.